The number of hydrogen-bond donors (Lipinski definition) is 2. The number of carbonyl (C=O) groups is 2. The topological polar surface area (TPSA) is 74.6 Å². The molecule has 4 nitrogen and oxygen atoms in total. The van der Waals surface area contributed by atoms with Gasteiger partial charge in [-0.3, -0.25) is 4.79 Å². The highest BCUT2D eigenvalue weighted by Crippen LogP contribution is 2.28. The lowest BCUT2D eigenvalue weighted by Gasteiger charge is -2.18. The molecule has 1 rings (SSSR count). The third kappa shape index (κ3) is 3.78. The molecular formula is C12H14O4S. The standard InChI is InChI=1S/C12H14O4S/c1-12(2,11(15)16)17-7-8-4-3-5-9(6-8)10(13)14/h3-6H,7H2,1-2H3,(H,13,14)(H,15,16). The molecule has 17 heavy (non-hydrogen) atoms. The normalized spacial score (nSPS) is 11.2. The molecule has 0 spiro atoms. The Kier molecular flexibility index (Phi) is 4.17. The maximum Gasteiger partial charge on any atom is 0.335 e. The van der Waals surface area contributed by atoms with Gasteiger partial charge in [0.25, 0.3) is 0 Å². The van der Waals surface area contributed by atoms with Crippen molar-refractivity contribution in [3.8, 4) is 0 Å². The van der Waals surface area contributed by atoms with Crippen LogP contribution in [0.5, 0.6) is 0 Å². The van der Waals surface area contributed by atoms with Crippen LogP contribution in [0.1, 0.15) is 29.8 Å². The maximum atomic E-state index is 10.9. The SMILES string of the molecule is CC(C)(SCc1cccc(C(=O)O)c1)C(=O)O. The Hall–Kier alpha value is -1.49. The van der Waals surface area contributed by atoms with Crippen LogP contribution in [0.2, 0.25) is 0 Å². The van der Waals surface area contributed by atoms with Crippen LogP contribution in [-0.2, 0) is 10.5 Å². The predicted octanol–water partition coefficient (Wildman–Crippen LogP) is 2.48. The fourth-order valence-electron chi connectivity index (χ4n) is 1.12. The van der Waals surface area contributed by atoms with Crippen molar-refractivity contribution in [1.82, 2.24) is 0 Å². The van der Waals surface area contributed by atoms with E-state index < -0.39 is 16.7 Å². The fraction of sp³-hybridized carbons (Fsp3) is 0.333. The van der Waals surface area contributed by atoms with Crippen molar-refractivity contribution in [2.75, 3.05) is 0 Å². The van der Waals surface area contributed by atoms with E-state index >= 15 is 0 Å². The summed E-state index contributed by atoms with van der Waals surface area (Å²) in [4.78, 5) is 21.7. The molecule has 0 bridgehead atoms. The third-order valence-electron chi connectivity index (χ3n) is 2.29. The van der Waals surface area contributed by atoms with E-state index in [1.807, 2.05) is 0 Å². The van der Waals surface area contributed by atoms with Crippen LogP contribution in [0.3, 0.4) is 0 Å². The zero-order valence-electron chi connectivity index (χ0n) is 9.64. The molecule has 5 heteroatoms. The van der Waals surface area contributed by atoms with Gasteiger partial charge in [-0.2, -0.15) is 0 Å². The summed E-state index contributed by atoms with van der Waals surface area (Å²) in [5, 5.41) is 17.8. The van der Waals surface area contributed by atoms with E-state index in [1.54, 1.807) is 32.0 Å². The first-order chi connectivity index (χ1) is 7.83. The van der Waals surface area contributed by atoms with Crippen LogP contribution in [-0.4, -0.2) is 26.9 Å². The van der Waals surface area contributed by atoms with Gasteiger partial charge in [0.1, 0.15) is 4.75 Å². The molecule has 0 aromatic heterocycles. The minimum atomic E-state index is -0.977. The highest BCUT2D eigenvalue weighted by atomic mass is 32.2. The molecule has 0 unspecified atom stereocenters. The van der Waals surface area contributed by atoms with Crippen molar-refractivity contribution in [2.45, 2.75) is 24.3 Å². The quantitative estimate of drug-likeness (QED) is 0.844. The van der Waals surface area contributed by atoms with Gasteiger partial charge in [0.05, 0.1) is 5.56 Å². The smallest absolute Gasteiger partial charge is 0.335 e. The molecule has 0 aliphatic heterocycles. The number of carboxylic acids is 2. The molecule has 0 radical (unpaired) electrons. The van der Waals surface area contributed by atoms with Crippen LogP contribution in [0.15, 0.2) is 24.3 Å². The third-order valence-corrected chi connectivity index (χ3v) is 3.66. The van der Waals surface area contributed by atoms with Gasteiger partial charge in [-0.25, -0.2) is 4.79 Å². The largest absolute Gasteiger partial charge is 0.480 e. The molecule has 1 aromatic rings. The van der Waals surface area contributed by atoms with Gasteiger partial charge in [0.15, 0.2) is 0 Å². The van der Waals surface area contributed by atoms with E-state index in [4.69, 9.17) is 10.2 Å². The molecular weight excluding hydrogens is 240 g/mol. The van der Waals surface area contributed by atoms with Crippen molar-refractivity contribution in [1.29, 1.82) is 0 Å². The number of thioether (sulfide) groups is 1. The molecule has 0 saturated carbocycles. The van der Waals surface area contributed by atoms with Crippen LogP contribution >= 0.6 is 11.8 Å². The molecule has 1 aromatic carbocycles. The second-order valence-electron chi connectivity index (χ2n) is 4.11. The molecule has 0 fully saturated rings. The van der Waals surface area contributed by atoms with Crippen molar-refractivity contribution >= 4 is 23.7 Å². The summed E-state index contributed by atoms with van der Waals surface area (Å²) in [6.07, 6.45) is 0. The van der Waals surface area contributed by atoms with Gasteiger partial charge in [-0.05, 0) is 31.5 Å². The number of rotatable bonds is 5. The number of hydrogen-bond acceptors (Lipinski definition) is 3. The van der Waals surface area contributed by atoms with E-state index in [1.165, 1.54) is 17.8 Å². The fourth-order valence-corrected chi connectivity index (χ4v) is 1.95. The number of aromatic carboxylic acids is 1. The van der Waals surface area contributed by atoms with Crippen molar-refractivity contribution in [3.05, 3.63) is 35.4 Å². The average Bonchev–Trinajstić information content (AvgIpc) is 2.26. The van der Waals surface area contributed by atoms with Crippen molar-refractivity contribution < 1.29 is 19.8 Å². The second kappa shape index (κ2) is 5.23. The first kappa shape index (κ1) is 13.6. The average molecular weight is 254 g/mol. The summed E-state index contributed by atoms with van der Waals surface area (Å²) in [7, 11) is 0. The van der Waals surface area contributed by atoms with Gasteiger partial charge in [0, 0.05) is 5.75 Å². The Bertz CT molecular complexity index is 440. The second-order valence-corrected chi connectivity index (χ2v) is 5.71. The highest BCUT2D eigenvalue weighted by molar-refractivity contribution is 8.00. The molecule has 0 aliphatic rings. The Morgan fingerprint density at radius 2 is 1.94 bits per heavy atom. The molecule has 92 valence electrons. The number of aliphatic carboxylic acids is 1. The summed E-state index contributed by atoms with van der Waals surface area (Å²) < 4.78 is -0.876. The zero-order chi connectivity index (χ0) is 13.1. The Morgan fingerprint density at radius 1 is 1.29 bits per heavy atom. The lowest BCUT2D eigenvalue weighted by Crippen LogP contribution is -2.27. The minimum absolute atomic E-state index is 0.219. The van der Waals surface area contributed by atoms with E-state index in [0.29, 0.717) is 5.75 Å². The van der Waals surface area contributed by atoms with Crippen LogP contribution in [0, 0.1) is 0 Å². The Balaban J connectivity index is 2.73. The van der Waals surface area contributed by atoms with E-state index in [2.05, 4.69) is 0 Å². The summed E-state index contributed by atoms with van der Waals surface area (Å²) in [5.74, 6) is -1.38. The lowest BCUT2D eigenvalue weighted by molar-refractivity contribution is -0.138. The maximum absolute atomic E-state index is 10.9. The van der Waals surface area contributed by atoms with Gasteiger partial charge >= 0.3 is 11.9 Å². The molecule has 0 aliphatic carbocycles. The summed E-state index contributed by atoms with van der Waals surface area (Å²) in [6.45, 7) is 3.25. The highest BCUT2D eigenvalue weighted by Gasteiger charge is 2.27. The summed E-state index contributed by atoms with van der Waals surface area (Å²) in [6, 6.07) is 6.52. The Morgan fingerprint density at radius 3 is 2.47 bits per heavy atom. The van der Waals surface area contributed by atoms with Crippen LogP contribution in [0.4, 0.5) is 0 Å². The number of carboxylic acid groups (broad SMARTS) is 2. The van der Waals surface area contributed by atoms with E-state index in [0.717, 1.165) is 5.56 Å². The molecule has 0 heterocycles. The van der Waals surface area contributed by atoms with Gasteiger partial charge in [-0.15, -0.1) is 11.8 Å². The van der Waals surface area contributed by atoms with Crippen LogP contribution in [0.25, 0.3) is 0 Å². The van der Waals surface area contributed by atoms with E-state index in [9.17, 15) is 9.59 Å². The summed E-state index contributed by atoms with van der Waals surface area (Å²) >= 11 is 1.27. The molecule has 0 amide bonds. The first-order valence-electron chi connectivity index (χ1n) is 5.02. The first-order valence-corrected chi connectivity index (χ1v) is 6.01. The lowest BCUT2D eigenvalue weighted by atomic mass is 10.1. The summed E-state index contributed by atoms with van der Waals surface area (Å²) in [5.41, 5.74) is 1.03. The Labute approximate surface area is 104 Å². The predicted molar refractivity (Wildman–Crippen MR) is 66.4 cm³/mol. The van der Waals surface area contributed by atoms with Gasteiger partial charge < -0.3 is 10.2 Å². The molecule has 2 N–H and O–H groups in total. The van der Waals surface area contributed by atoms with Gasteiger partial charge in [-0.1, -0.05) is 12.1 Å². The zero-order valence-corrected chi connectivity index (χ0v) is 10.5. The van der Waals surface area contributed by atoms with Crippen molar-refractivity contribution in [3.63, 3.8) is 0 Å². The van der Waals surface area contributed by atoms with E-state index in [-0.39, 0.29) is 5.56 Å². The minimum Gasteiger partial charge on any atom is -0.480 e. The van der Waals surface area contributed by atoms with Gasteiger partial charge in [0.2, 0.25) is 0 Å². The molecule has 0 atom stereocenters. The van der Waals surface area contributed by atoms with Crippen molar-refractivity contribution in [2.24, 2.45) is 0 Å². The monoisotopic (exact) mass is 254 g/mol. The molecule has 0 saturated heterocycles. The van der Waals surface area contributed by atoms with Crippen LogP contribution < -0.4 is 0 Å². The number of benzene rings is 1.